The quantitative estimate of drug-likeness (QED) is 0.710. The number of fused-ring (bicyclic) bond motifs is 1. The first-order valence-corrected chi connectivity index (χ1v) is 5.73. The monoisotopic (exact) mass is 231 g/mol. The standard InChI is InChI=1S/C11H9N3OS/c15-6-8-5-13-11(14-8)7-3-10-9(12-4-7)1-2-16-10/h1-5,15H,6H2,(H,13,14). The maximum absolute atomic E-state index is 8.95. The number of aliphatic hydroxyl groups excluding tert-OH is 1. The lowest BCUT2D eigenvalue weighted by molar-refractivity contribution is 0.277. The molecule has 0 aliphatic rings. The minimum Gasteiger partial charge on any atom is -0.390 e. The number of hydrogen-bond acceptors (Lipinski definition) is 4. The van der Waals surface area contributed by atoms with Crippen LogP contribution in [0.25, 0.3) is 21.6 Å². The molecule has 5 heteroatoms. The summed E-state index contributed by atoms with van der Waals surface area (Å²) in [6.07, 6.45) is 3.42. The van der Waals surface area contributed by atoms with Gasteiger partial charge in [-0.2, -0.15) is 0 Å². The molecule has 0 spiro atoms. The molecular weight excluding hydrogens is 222 g/mol. The minimum atomic E-state index is -0.0261. The Balaban J connectivity index is 2.10. The van der Waals surface area contributed by atoms with E-state index < -0.39 is 0 Å². The van der Waals surface area contributed by atoms with Crippen LogP contribution in [0.2, 0.25) is 0 Å². The molecule has 80 valence electrons. The summed E-state index contributed by atoms with van der Waals surface area (Å²) in [5.41, 5.74) is 2.65. The highest BCUT2D eigenvalue weighted by atomic mass is 32.1. The summed E-state index contributed by atoms with van der Waals surface area (Å²) in [5.74, 6) is 0.742. The fraction of sp³-hybridized carbons (Fsp3) is 0.0909. The molecule has 2 N–H and O–H groups in total. The Morgan fingerprint density at radius 1 is 1.31 bits per heavy atom. The van der Waals surface area contributed by atoms with E-state index in [4.69, 9.17) is 5.11 Å². The van der Waals surface area contributed by atoms with Gasteiger partial charge in [0, 0.05) is 11.8 Å². The molecule has 0 radical (unpaired) electrons. The van der Waals surface area contributed by atoms with Gasteiger partial charge in [-0.25, -0.2) is 4.98 Å². The zero-order valence-corrected chi connectivity index (χ0v) is 9.16. The van der Waals surface area contributed by atoms with Gasteiger partial charge in [-0.3, -0.25) is 4.98 Å². The highest BCUT2D eigenvalue weighted by Gasteiger charge is 2.05. The molecule has 0 saturated heterocycles. The average Bonchev–Trinajstić information content (AvgIpc) is 2.96. The molecule has 0 saturated carbocycles. The van der Waals surface area contributed by atoms with Crippen LogP contribution in [0.1, 0.15) is 5.69 Å². The van der Waals surface area contributed by atoms with Crippen LogP contribution >= 0.6 is 11.3 Å². The van der Waals surface area contributed by atoms with Crippen molar-refractivity contribution in [1.29, 1.82) is 0 Å². The molecule has 3 rings (SSSR count). The van der Waals surface area contributed by atoms with Crippen LogP contribution in [0.15, 0.2) is 29.9 Å². The molecule has 3 aromatic rings. The van der Waals surface area contributed by atoms with E-state index in [9.17, 15) is 0 Å². The average molecular weight is 231 g/mol. The SMILES string of the molecule is OCc1cnc(-c2cnc3ccsc3c2)[nH]1. The Morgan fingerprint density at radius 2 is 2.25 bits per heavy atom. The van der Waals surface area contributed by atoms with Crippen molar-refractivity contribution in [2.45, 2.75) is 6.61 Å². The number of pyridine rings is 1. The van der Waals surface area contributed by atoms with Crippen molar-refractivity contribution < 1.29 is 5.11 Å². The third kappa shape index (κ3) is 1.50. The first-order valence-electron chi connectivity index (χ1n) is 4.85. The Morgan fingerprint density at radius 3 is 3.06 bits per heavy atom. The Bertz CT molecular complexity index is 629. The molecule has 0 aliphatic carbocycles. The number of nitrogens with one attached hydrogen (secondary N) is 1. The van der Waals surface area contributed by atoms with Crippen LogP contribution in [0, 0.1) is 0 Å². The van der Waals surface area contributed by atoms with E-state index in [1.165, 1.54) is 0 Å². The number of rotatable bonds is 2. The van der Waals surface area contributed by atoms with E-state index in [-0.39, 0.29) is 6.61 Å². The van der Waals surface area contributed by atoms with Crippen molar-refractivity contribution in [1.82, 2.24) is 15.0 Å². The van der Waals surface area contributed by atoms with Gasteiger partial charge in [-0.15, -0.1) is 11.3 Å². The van der Waals surface area contributed by atoms with Crippen molar-refractivity contribution >= 4 is 21.6 Å². The van der Waals surface area contributed by atoms with Gasteiger partial charge >= 0.3 is 0 Å². The predicted octanol–water partition coefficient (Wildman–Crippen LogP) is 2.18. The van der Waals surface area contributed by atoms with Crippen LogP contribution in [-0.4, -0.2) is 20.1 Å². The van der Waals surface area contributed by atoms with Gasteiger partial charge in [0.1, 0.15) is 5.82 Å². The zero-order valence-electron chi connectivity index (χ0n) is 8.34. The number of thiophene rings is 1. The van der Waals surface area contributed by atoms with Crippen LogP contribution in [0.3, 0.4) is 0 Å². The lowest BCUT2D eigenvalue weighted by Gasteiger charge is -1.96. The second-order valence-corrected chi connectivity index (χ2v) is 4.39. The predicted molar refractivity (Wildman–Crippen MR) is 63.1 cm³/mol. The molecule has 4 nitrogen and oxygen atoms in total. The maximum atomic E-state index is 8.95. The first kappa shape index (κ1) is 9.50. The molecule has 0 unspecified atom stereocenters. The molecular formula is C11H9N3OS. The summed E-state index contributed by atoms with van der Waals surface area (Å²) in [4.78, 5) is 11.6. The summed E-state index contributed by atoms with van der Waals surface area (Å²) in [6.45, 7) is -0.0261. The Hall–Kier alpha value is -1.72. The molecule has 0 aromatic carbocycles. The number of H-pyrrole nitrogens is 1. The smallest absolute Gasteiger partial charge is 0.139 e. The molecule has 16 heavy (non-hydrogen) atoms. The lowest BCUT2D eigenvalue weighted by Crippen LogP contribution is -1.84. The summed E-state index contributed by atoms with van der Waals surface area (Å²) in [6, 6.07) is 4.04. The zero-order chi connectivity index (χ0) is 11.0. The van der Waals surface area contributed by atoms with Gasteiger partial charge in [0.05, 0.1) is 28.7 Å². The van der Waals surface area contributed by atoms with Crippen LogP contribution in [0.5, 0.6) is 0 Å². The summed E-state index contributed by atoms with van der Waals surface area (Å²) >= 11 is 1.66. The number of aromatic nitrogens is 3. The molecule has 0 bridgehead atoms. The third-order valence-electron chi connectivity index (χ3n) is 2.37. The largest absolute Gasteiger partial charge is 0.390 e. The number of hydrogen-bond donors (Lipinski definition) is 2. The number of aliphatic hydroxyl groups is 1. The molecule has 3 heterocycles. The van der Waals surface area contributed by atoms with E-state index in [0.29, 0.717) is 5.69 Å². The van der Waals surface area contributed by atoms with Crippen LogP contribution in [0.4, 0.5) is 0 Å². The fourth-order valence-corrected chi connectivity index (χ4v) is 2.34. The number of imidazole rings is 1. The molecule has 0 aliphatic heterocycles. The normalized spacial score (nSPS) is 11.1. The van der Waals surface area contributed by atoms with Crippen molar-refractivity contribution in [2.24, 2.45) is 0 Å². The van der Waals surface area contributed by atoms with E-state index in [0.717, 1.165) is 21.6 Å². The highest BCUT2D eigenvalue weighted by Crippen LogP contribution is 2.24. The Labute approximate surface area is 95.6 Å². The third-order valence-corrected chi connectivity index (χ3v) is 3.23. The minimum absolute atomic E-state index is 0.0261. The van der Waals surface area contributed by atoms with Crippen molar-refractivity contribution in [3.05, 3.63) is 35.6 Å². The molecule has 0 atom stereocenters. The van der Waals surface area contributed by atoms with E-state index in [1.54, 1.807) is 23.7 Å². The van der Waals surface area contributed by atoms with E-state index in [1.807, 2.05) is 17.5 Å². The Kier molecular flexibility index (Phi) is 2.19. The molecule has 3 aromatic heterocycles. The van der Waals surface area contributed by atoms with Gasteiger partial charge in [0.15, 0.2) is 0 Å². The second kappa shape index (κ2) is 3.70. The summed E-state index contributed by atoms with van der Waals surface area (Å²) < 4.78 is 1.14. The van der Waals surface area contributed by atoms with Crippen LogP contribution < -0.4 is 0 Å². The van der Waals surface area contributed by atoms with Gasteiger partial charge in [0.25, 0.3) is 0 Å². The van der Waals surface area contributed by atoms with Gasteiger partial charge in [0.2, 0.25) is 0 Å². The second-order valence-electron chi connectivity index (χ2n) is 3.44. The lowest BCUT2D eigenvalue weighted by atomic mass is 10.2. The maximum Gasteiger partial charge on any atom is 0.139 e. The molecule has 0 amide bonds. The first-order chi connectivity index (χ1) is 7.86. The van der Waals surface area contributed by atoms with Gasteiger partial charge < -0.3 is 10.1 Å². The van der Waals surface area contributed by atoms with Crippen LogP contribution in [-0.2, 0) is 6.61 Å². The van der Waals surface area contributed by atoms with E-state index >= 15 is 0 Å². The topological polar surface area (TPSA) is 61.8 Å². The van der Waals surface area contributed by atoms with Crippen molar-refractivity contribution in [3.8, 4) is 11.4 Å². The van der Waals surface area contributed by atoms with Gasteiger partial charge in [-0.1, -0.05) is 0 Å². The van der Waals surface area contributed by atoms with E-state index in [2.05, 4.69) is 15.0 Å². The number of nitrogens with zero attached hydrogens (tertiary/aromatic N) is 2. The highest BCUT2D eigenvalue weighted by molar-refractivity contribution is 7.17. The van der Waals surface area contributed by atoms with Gasteiger partial charge in [-0.05, 0) is 17.5 Å². The fourth-order valence-electron chi connectivity index (χ4n) is 1.56. The van der Waals surface area contributed by atoms with Crippen molar-refractivity contribution in [3.63, 3.8) is 0 Å². The molecule has 0 fully saturated rings. The summed E-state index contributed by atoms with van der Waals surface area (Å²) in [7, 11) is 0. The van der Waals surface area contributed by atoms with Crippen molar-refractivity contribution in [2.75, 3.05) is 0 Å². The summed E-state index contributed by atoms with van der Waals surface area (Å²) in [5, 5.41) is 11.0. The number of aromatic amines is 1.